The Morgan fingerprint density at radius 3 is 2.94 bits per heavy atom. The standard InChI is InChI=1S/C11H19N5/c1-8(2)5-6-12-10-7-13-16-11(15-10)14-9-3-4-9/h7-9H,3-6H2,1-2H3,(H2,12,14,15,16). The first-order chi connectivity index (χ1) is 7.74. The molecule has 1 aliphatic carbocycles. The molecule has 88 valence electrons. The van der Waals surface area contributed by atoms with Gasteiger partial charge in [0.25, 0.3) is 0 Å². The van der Waals surface area contributed by atoms with Crippen molar-refractivity contribution in [1.29, 1.82) is 0 Å². The van der Waals surface area contributed by atoms with E-state index >= 15 is 0 Å². The fourth-order valence-corrected chi connectivity index (χ4v) is 1.35. The predicted octanol–water partition coefficient (Wildman–Crippen LogP) is 1.90. The van der Waals surface area contributed by atoms with Crippen molar-refractivity contribution in [3.63, 3.8) is 0 Å². The monoisotopic (exact) mass is 221 g/mol. The molecule has 0 unspecified atom stereocenters. The number of aromatic nitrogens is 3. The van der Waals surface area contributed by atoms with Crippen LogP contribution in [0.15, 0.2) is 6.20 Å². The second-order valence-electron chi connectivity index (χ2n) is 4.69. The van der Waals surface area contributed by atoms with E-state index < -0.39 is 0 Å². The van der Waals surface area contributed by atoms with Crippen LogP contribution in [-0.4, -0.2) is 27.8 Å². The number of hydrogen-bond donors (Lipinski definition) is 2. The highest BCUT2D eigenvalue weighted by Crippen LogP contribution is 2.22. The third kappa shape index (κ3) is 3.64. The summed E-state index contributed by atoms with van der Waals surface area (Å²) >= 11 is 0. The maximum atomic E-state index is 4.35. The first kappa shape index (κ1) is 11.1. The Hall–Kier alpha value is -1.39. The van der Waals surface area contributed by atoms with Gasteiger partial charge in [-0.2, -0.15) is 10.1 Å². The van der Waals surface area contributed by atoms with Crippen molar-refractivity contribution in [3.05, 3.63) is 6.20 Å². The van der Waals surface area contributed by atoms with Crippen LogP contribution in [0.4, 0.5) is 11.8 Å². The van der Waals surface area contributed by atoms with Crippen molar-refractivity contribution < 1.29 is 0 Å². The highest BCUT2D eigenvalue weighted by molar-refractivity contribution is 5.37. The van der Waals surface area contributed by atoms with Gasteiger partial charge in [0, 0.05) is 12.6 Å². The summed E-state index contributed by atoms with van der Waals surface area (Å²) in [5.74, 6) is 2.14. The Morgan fingerprint density at radius 2 is 2.25 bits per heavy atom. The second kappa shape index (κ2) is 5.09. The molecule has 0 atom stereocenters. The van der Waals surface area contributed by atoms with E-state index in [4.69, 9.17) is 0 Å². The van der Waals surface area contributed by atoms with Crippen LogP contribution in [0.3, 0.4) is 0 Å². The van der Waals surface area contributed by atoms with Crippen LogP contribution in [0.2, 0.25) is 0 Å². The van der Waals surface area contributed by atoms with Crippen molar-refractivity contribution in [3.8, 4) is 0 Å². The largest absolute Gasteiger partial charge is 0.369 e. The maximum absolute atomic E-state index is 4.35. The van der Waals surface area contributed by atoms with E-state index in [1.54, 1.807) is 6.20 Å². The van der Waals surface area contributed by atoms with Crippen LogP contribution in [0.5, 0.6) is 0 Å². The molecule has 0 saturated heterocycles. The molecule has 5 nitrogen and oxygen atoms in total. The summed E-state index contributed by atoms with van der Waals surface area (Å²) in [6.07, 6.45) is 5.23. The molecular formula is C11H19N5. The van der Waals surface area contributed by atoms with Crippen molar-refractivity contribution in [1.82, 2.24) is 15.2 Å². The molecule has 1 saturated carbocycles. The number of anilines is 2. The SMILES string of the molecule is CC(C)CCNc1cnnc(NC2CC2)n1. The summed E-state index contributed by atoms with van der Waals surface area (Å²) < 4.78 is 0. The minimum atomic E-state index is 0.563. The molecular weight excluding hydrogens is 202 g/mol. The summed E-state index contributed by atoms with van der Waals surface area (Å²) in [4.78, 5) is 4.35. The van der Waals surface area contributed by atoms with Gasteiger partial charge in [0.2, 0.25) is 5.95 Å². The summed E-state index contributed by atoms with van der Waals surface area (Å²) in [5, 5.41) is 14.4. The first-order valence-corrected chi connectivity index (χ1v) is 5.94. The van der Waals surface area contributed by atoms with Crippen molar-refractivity contribution in [2.45, 2.75) is 39.2 Å². The predicted molar refractivity (Wildman–Crippen MR) is 64.4 cm³/mol. The van der Waals surface area contributed by atoms with E-state index in [1.165, 1.54) is 12.8 Å². The zero-order chi connectivity index (χ0) is 11.4. The van der Waals surface area contributed by atoms with Gasteiger partial charge in [-0.15, -0.1) is 5.10 Å². The third-order valence-corrected chi connectivity index (χ3v) is 2.50. The Kier molecular flexibility index (Phi) is 3.54. The molecule has 2 rings (SSSR count). The van der Waals surface area contributed by atoms with Gasteiger partial charge >= 0.3 is 0 Å². The van der Waals surface area contributed by atoms with Gasteiger partial charge in [-0.25, -0.2) is 0 Å². The van der Waals surface area contributed by atoms with E-state index in [9.17, 15) is 0 Å². The first-order valence-electron chi connectivity index (χ1n) is 5.94. The van der Waals surface area contributed by atoms with Gasteiger partial charge in [-0.3, -0.25) is 0 Å². The van der Waals surface area contributed by atoms with E-state index in [0.717, 1.165) is 18.8 Å². The quantitative estimate of drug-likeness (QED) is 0.768. The van der Waals surface area contributed by atoms with Gasteiger partial charge < -0.3 is 10.6 Å². The summed E-state index contributed by atoms with van der Waals surface area (Å²) in [6, 6.07) is 0.563. The molecule has 2 N–H and O–H groups in total. The fraction of sp³-hybridized carbons (Fsp3) is 0.727. The highest BCUT2D eigenvalue weighted by Gasteiger charge is 2.22. The molecule has 0 spiro atoms. The lowest BCUT2D eigenvalue weighted by molar-refractivity contribution is 0.606. The molecule has 0 aromatic carbocycles. The van der Waals surface area contributed by atoms with E-state index in [0.29, 0.717) is 17.9 Å². The number of nitrogens with zero attached hydrogens (tertiary/aromatic N) is 3. The molecule has 0 amide bonds. The molecule has 1 heterocycles. The van der Waals surface area contributed by atoms with Gasteiger partial charge in [-0.1, -0.05) is 13.8 Å². The average molecular weight is 221 g/mol. The summed E-state index contributed by atoms with van der Waals surface area (Å²) in [7, 11) is 0. The third-order valence-electron chi connectivity index (χ3n) is 2.50. The summed E-state index contributed by atoms with van der Waals surface area (Å²) in [6.45, 7) is 5.35. The van der Waals surface area contributed by atoms with Crippen LogP contribution in [-0.2, 0) is 0 Å². The Morgan fingerprint density at radius 1 is 1.44 bits per heavy atom. The molecule has 5 heteroatoms. The minimum Gasteiger partial charge on any atom is -0.369 e. The molecule has 1 aromatic rings. The minimum absolute atomic E-state index is 0.563. The van der Waals surface area contributed by atoms with Crippen molar-refractivity contribution >= 4 is 11.8 Å². The zero-order valence-corrected chi connectivity index (χ0v) is 9.90. The Balaban J connectivity index is 1.83. The molecule has 1 aromatic heterocycles. The topological polar surface area (TPSA) is 62.7 Å². The normalized spacial score (nSPS) is 15.2. The Bertz CT molecular complexity index is 335. The lowest BCUT2D eigenvalue weighted by Gasteiger charge is -2.08. The number of nitrogens with one attached hydrogen (secondary N) is 2. The lowest BCUT2D eigenvalue weighted by atomic mass is 10.1. The van der Waals surface area contributed by atoms with Crippen LogP contribution < -0.4 is 10.6 Å². The smallest absolute Gasteiger partial charge is 0.244 e. The van der Waals surface area contributed by atoms with Crippen LogP contribution in [0, 0.1) is 5.92 Å². The molecule has 0 radical (unpaired) electrons. The van der Waals surface area contributed by atoms with Crippen LogP contribution in [0.25, 0.3) is 0 Å². The van der Waals surface area contributed by atoms with Crippen LogP contribution >= 0.6 is 0 Å². The number of rotatable bonds is 6. The molecule has 16 heavy (non-hydrogen) atoms. The molecule has 1 fully saturated rings. The van der Waals surface area contributed by atoms with Crippen molar-refractivity contribution in [2.75, 3.05) is 17.2 Å². The molecule has 0 aliphatic heterocycles. The van der Waals surface area contributed by atoms with E-state index in [2.05, 4.69) is 39.7 Å². The Labute approximate surface area is 96.1 Å². The van der Waals surface area contributed by atoms with Gasteiger partial charge in [0.1, 0.15) is 5.82 Å². The van der Waals surface area contributed by atoms with Gasteiger partial charge in [-0.05, 0) is 25.2 Å². The van der Waals surface area contributed by atoms with Gasteiger partial charge in [0.15, 0.2) is 0 Å². The maximum Gasteiger partial charge on any atom is 0.244 e. The van der Waals surface area contributed by atoms with E-state index in [-0.39, 0.29) is 0 Å². The lowest BCUT2D eigenvalue weighted by Crippen LogP contribution is -2.10. The summed E-state index contributed by atoms with van der Waals surface area (Å²) in [5.41, 5.74) is 0. The van der Waals surface area contributed by atoms with Crippen molar-refractivity contribution in [2.24, 2.45) is 5.92 Å². The fourth-order valence-electron chi connectivity index (χ4n) is 1.35. The zero-order valence-electron chi connectivity index (χ0n) is 9.90. The second-order valence-corrected chi connectivity index (χ2v) is 4.69. The molecule has 0 bridgehead atoms. The van der Waals surface area contributed by atoms with E-state index in [1.807, 2.05) is 0 Å². The van der Waals surface area contributed by atoms with Gasteiger partial charge in [0.05, 0.1) is 6.20 Å². The average Bonchev–Trinajstić information content (AvgIpc) is 3.02. The number of hydrogen-bond acceptors (Lipinski definition) is 5. The highest BCUT2D eigenvalue weighted by atomic mass is 15.3. The van der Waals surface area contributed by atoms with Crippen LogP contribution in [0.1, 0.15) is 33.1 Å². The molecule has 1 aliphatic rings.